The predicted octanol–water partition coefficient (Wildman–Crippen LogP) is 5.52. The van der Waals surface area contributed by atoms with Gasteiger partial charge in [-0.3, -0.25) is 4.79 Å². The lowest BCUT2D eigenvalue weighted by Gasteiger charge is -2.28. The topological polar surface area (TPSA) is 71.7 Å². The van der Waals surface area contributed by atoms with Crippen LogP contribution in [0.4, 0.5) is 11.5 Å². The first-order valence-electron chi connectivity index (χ1n) is 12.7. The van der Waals surface area contributed by atoms with E-state index in [1.54, 1.807) is 11.9 Å². The Morgan fingerprint density at radius 1 is 0.943 bits per heavy atom. The Labute approximate surface area is 203 Å². The molecule has 7 heteroatoms. The third kappa shape index (κ3) is 3.32. The Morgan fingerprint density at radius 3 is 2.49 bits per heavy atom. The molecule has 0 bridgehead atoms. The van der Waals surface area contributed by atoms with E-state index in [0.29, 0.717) is 41.7 Å². The second-order valence-corrected chi connectivity index (χ2v) is 9.93. The molecule has 1 amide bonds. The van der Waals surface area contributed by atoms with Crippen LogP contribution in [0.15, 0.2) is 40.8 Å². The van der Waals surface area contributed by atoms with E-state index in [9.17, 15) is 4.79 Å². The van der Waals surface area contributed by atoms with E-state index in [0.717, 1.165) is 41.1 Å². The van der Waals surface area contributed by atoms with Crippen molar-refractivity contribution in [1.82, 2.24) is 9.97 Å². The van der Waals surface area contributed by atoms with E-state index in [1.165, 1.54) is 37.7 Å². The van der Waals surface area contributed by atoms with Gasteiger partial charge in [-0.05, 0) is 42.5 Å². The Morgan fingerprint density at radius 2 is 1.71 bits per heavy atom. The van der Waals surface area contributed by atoms with Crippen LogP contribution in [-0.4, -0.2) is 49.2 Å². The number of benzene rings is 2. The van der Waals surface area contributed by atoms with E-state index < -0.39 is 0 Å². The lowest BCUT2D eigenvalue weighted by molar-refractivity contribution is 0.0999. The molecule has 4 heterocycles. The van der Waals surface area contributed by atoms with Crippen molar-refractivity contribution in [2.75, 3.05) is 43.2 Å². The van der Waals surface area contributed by atoms with Gasteiger partial charge in [-0.1, -0.05) is 31.4 Å². The van der Waals surface area contributed by atoms with Crippen LogP contribution in [0, 0.1) is 0 Å². The highest BCUT2D eigenvalue weighted by atomic mass is 16.5. The minimum atomic E-state index is -0.0203. The number of amides is 1. The molecule has 0 atom stereocenters. The van der Waals surface area contributed by atoms with Gasteiger partial charge in [0, 0.05) is 37.2 Å². The zero-order chi connectivity index (χ0) is 23.5. The third-order valence-corrected chi connectivity index (χ3v) is 7.87. The lowest BCUT2D eigenvalue weighted by Crippen LogP contribution is -2.36. The molecule has 0 spiro atoms. The molecule has 2 aromatic carbocycles. The predicted molar refractivity (Wildman–Crippen MR) is 136 cm³/mol. The van der Waals surface area contributed by atoms with E-state index in [-0.39, 0.29) is 5.91 Å². The normalized spacial score (nSPS) is 18.8. The highest BCUT2D eigenvalue weighted by Crippen LogP contribution is 2.42. The van der Waals surface area contributed by atoms with Crippen LogP contribution in [0.1, 0.15) is 53.9 Å². The summed E-state index contributed by atoms with van der Waals surface area (Å²) in [4.78, 5) is 26.8. The summed E-state index contributed by atoms with van der Waals surface area (Å²) in [6, 6.07) is 12.5. The Kier molecular flexibility index (Phi) is 4.81. The van der Waals surface area contributed by atoms with E-state index >= 15 is 0 Å². The van der Waals surface area contributed by atoms with Gasteiger partial charge in [0.1, 0.15) is 16.9 Å². The van der Waals surface area contributed by atoms with E-state index in [4.69, 9.17) is 19.1 Å². The third-order valence-electron chi connectivity index (χ3n) is 7.87. The monoisotopic (exact) mass is 468 g/mol. The second-order valence-electron chi connectivity index (χ2n) is 9.93. The van der Waals surface area contributed by atoms with E-state index in [1.807, 2.05) is 12.1 Å². The highest BCUT2D eigenvalue weighted by Gasteiger charge is 2.32. The van der Waals surface area contributed by atoms with Crippen molar-refractivity contribution in [1.29, 1.82) is 0 Å². The molecule has 1 saturated carbocycles. The number of pyridine rings is 1. The summed E-state index contributed by atoms with van der Waals surface area (Å²) < 4.78 is 11.8. The summed E-state index contributed by atoms with van der Waals surface area (Å²) in [7, 11) is 1.80. The molecule has 1 aliphatic carbocycles. The van der Waals surface area contributed by atoms with Crippen LogP contribution >= 0.6 is 0 Å². The molecule has 2 aromatic heterocycles. The van der Waals surface area contributed by atoms with Crippen LogP contribution in [0.2, 0.25) is 0 Å². The fourth-order valence-electron chi connectivity index (χ4n) is 5.89. The molecule has 0 unspecified atom stereocenters. The lowest BCUT2D eigenvalue weighted by atomic mass is 9.84. The molecule has 2 fully saturated rings. The smallest absolute Gasteiger partial charge is 0.258 e. The van der Waals surface area contributed by atoms with Crippen molar-refractivity contribution in [2.24, 2.45) is 0 Å². The molecule has 7 nitrogen and oxygen atoms in total. The zero-order valence-corrected chi connectivity index (χ0v) is 19.9. The molecule has 35 heavy (non-hydrogen) atoms. The van der Waals surface area contributed by atoms with Gasteiger partial charge in [-0.25, -0.2) is 9.97 Å². The van der Waals surface area contributed by atoms with Crippen molar-refractivity contribution >= 4 is 39.4 Å². The minimum Gasteiger partial charge on any atom is -0.436 e. The maximum Gasteiger partial charge on any atom is 0.258 e. The van der Waals surface area contributed by atoms with E-state index in [2.05, 4.69) is 29.2 Å². The number of carbonyl (C=O) groups excluding carboxylic acids is 1. The maximum atomic E-state index is 13.1. The van der Waals surface area contributed by atoms with Crippen molar-refractivity contribution in [3.05, 3.63) is 47.5 Å². The van der Waals surface area contributed by atoms with Gasteiger partial charge in [-0.2, -0.15) is 0 Å². The van der Waals surface area contributed by atoms with Crippen LogP contribution < -0.4 is 9.80 Å². The fraction of sp³-hybridized carbons (Fsp3) is 0.393. The number of carbonyl (C=O) groups is 1. The Bertz CT molecular complexity index is 1450. The molecule has 178 valence electrons. The molecule has 7 rings (SSSR count). The van der Waals surface area contributed by atoms with Gasteiger partial charge in [0.15, 0.2) is 5.58 Å². The van der Waals surface area contributed by atoms with Gasteiger partial charge in [-0.15, -0.1) is 0 Å². The molecular formula is C28H28N4O3. The number of oxazole rings is 1. The average Bonchev–Trinajstić information content (AvgIpc) is 3.46. The largest absolute Gasteiger partial charge is 0.436 e. The SMILES string of the molecule is CN1C(=O)c2cc(N3CCOCC3)nc3c2c1cc1oc(-c2ccc(C4CCCCC4)cc2)nc13. The van der Waals surface area contributed by atoms with Crippen molar-refractivity contribution < 1.29 is 13.9 Å². The number of nitrogens with zero attached hydrogens (tertiary/aromatic N) is 4. The Balaban J connectivity index is 1.34. The van der Waals surface area contributed by atoms with Gasteiger partial charge < -0.3 is 19.0 Å². The quantitative estimate of drug-likeness (QED) is 0.394. The summed E-state index contributed by atoms with van der Waals surface area (Å²) in [6.45, 7) is 2.82. The molecule has 2 aliphatic heterocycles. The minimum absolute atomic E-state index is 0.0203. The molecular weight excluding hydrogens is 440 g/mol. The number of hydrogen-bond donors (Lipinski definition) is 0. The van der Waals surface area contributed by atoms with Crippen molar-refractivity contribution in [3.63, 3.8) is 0 Å². The second kappa shape index (κ2) is 8.05. The summed E-state index contributed by atoms with van der Waals surface area (Å²) in [5, 5.41) is 0.856. The number of ether oxygens (including phenoxy) is 1. The summed E-state index contributed by atoms with van der Waals surface area (Å²) in [5.74, 6) is 2.02. The Hall–Kier alpha value is -3.45. The average molecular weight is 469 g/mol. The van der Waals surface area contributed by atoms with Crippen LogP contribution in [0.5, 0.6) is 0 Å². The van der Waals surface area contributed by atoms with Crippen LogP contribution in [-0.2, 0) is 4.74 Å². The van der Waals surface area contributed by atoms with Crippen LogP contribution in [0.25, 0.3) is 33.5 Å². The van der Waals surface area contributed by atoms with Gasteiger partial charge in [0.05, 0.1) is 24.5 Å². The first-order chi connectivity index (χ1) is 17.2. The standard InChI is InChI=1S/C28H28N4O3/c1-31-21-16-22-25(26-24(21)20(28(31)33)15-23(29-26)32-11-13-34-14-12-32)30-27(35-22)19-9-7-18(8-10-19)17-5-3-2-4-6-17/h7-10,15-17H,2-6,11-14H2,1H3. The zero-order valence-electron chi connectivity index (χ0n) is 19.9. The maximum absolute atomic E-state index is 13.1. The van der Waals surface area contributed by atoms with Gasteiger partial charge >= 0.3 is 0 Å². The number of fused-ring (bicyclic) bond motifs is 2. The molecule has 0 radical (unpaired) electrons. The molecule has 4 aromatic rings. The first-order valence-corrected chi connectivity index (χ1v) is 12.7. The molecule has 3 aliphatic rings. The number of anilines is 2. The first kappa shape index (κ1) is 20.9. The summed E-state index contributed by atoms with van der Waals surface area (Å²) in [5.41, 5.74) is 5.95. The number of aromatic nitrogens is 2. The molecule has 1 saturated heterocycles. The summed E-state index contributed by atoms with van der Waals surface area (Å²) >= 11 is 0. The van der Waals surface area contributed by atoms with Gasteiger partial charge in [0.25, 0.3) is 5.91 Å². The summed E-state index contributed by atoms with van der Waals surface area (Å²) in [6.07, 6.45) is 6.57. The van der Waals surface area contributed by atoms with Gasteiger partial charge in [0.2, 0.25) is 5.89 Å². The highest BCUT2D eigenvalue weighted by molar-refractivity contribution is 6.28. The molecule has 0 N–H and O–H groups in total. The number of rotatable bonds is 3. The fourth-order valence-corrected chi connectivity index (χ4v) is 5.89. The number of hydrogen-bond acceptors (Lipinski definition) is 6. The van der Waals surface area contributed by atoms with Crippen LogP contribution in [0.3, 0.4) is 0 Å². The van der Waals surface area contributed by atoms with Crippen molar-refractivity contribution in [2.45, 2.75) is 38.0 Å². The number of morpholine rings is 1. The van der Waals surface area contributed by atoms with Crippen molar-refractivity contribution in [3.8, 4) is 11.5 Å².